The molecule has 0 atom stereocenters. The largest absolute Gasteiger partial charge is 0.508 e. The molecule has 26 heavy (non-hydrogen) atoms. The van der Waals surface area contributed by atoms with Gasteiger partial charge in [-0.3, -0.25) is 4.79 Å². The average Bonchev–Trinajstić information content (AvgIpc) is 3.07. The van der Waals surface area contributed by atoms with Crippen LogP contribution in [-0.4, -0.2) is 22.5 Å². The molecule has 1 heterocycles. The fraction of sp³-hybridized carbons (Fsp3) is 0.100. The molecule has 6 nitrogen and oxygen atoms in total. The van der Waals surface area contributed by atoms with Crippen LogP contribution in [0, 0.1) is 11.3 Å². The Hall–Kier alpha value is -3.72. The molecular weight excluding hydrogens is 328 g/mol. The number of benzene rings is 2. The lowest BCUT2D eigenvalue weighted by Gasteiger charge is -2.05. The molecule has 3 aromatic rings. The first-order valence-corrected chi connectivity index (χ1v) is 8.16. The highest BCUT2D eigenvalue weighted by Crippen LogP contribution is 2.17. The molecule has 1 aromatic heterocycles. The van der Waals surface area contributed by atoms with Gasteiger partial charge in [0.05, 0.1) is 0 Å². The van der Waals surface area contributed by atoms with E-state index in [4.69, 9.17) is 0 Å². The number of carbonyl (C=O) groups is 1. The number of amides is 1. The number of aromatic nitrogens is 1. The molecule has 6 heteroatoms. The molecule has 0 spiro atoms. The normalized spacial score (nSPS) is 11.1. The number of nitriles is 1. The summed E-state index contributed by atoms with van der Waals surface area (Å²) < 4.78 is 0. The van der Waals surface area contributed by atoms with Crippen molar-refractivity contribution in [2.45, 2.75) is 6.42 Å². The lowest BCUT2D eigenvalue weighted by Crippen LogP contribution is -2.17. The molecule has 0 aliphatic carbocycles. The van der Waals surface area contributed by atoms with Crippen molar-refractivity contribution in [2.24, 2.45) is 0 Å². The van der Waals surface area contributed by atoms with Crippen molar-refractivity contribution < 1.29 is 9.90 Å². The topological polar surface area (TPSA) is 101 Å². The van der Waals surface area contributed by atoms with Gasteiger partial charge in [0, 0.05) is 35.5 Å². The lowest BCUT2D eigenvalue weighted by molar-refractivity contribution is -0.112. The van der Waals surface area contributed by atoms with Crippen molar-refractivity contribution in [3.63, 3.8) is 0 Å². The van der Waals surface area contributed by atoms with E-state index in [1.807, 2.05) is 30.5 Å². The Morgan fingerprint density at radius 1 is 1.19 bits per heavy atom. The zero-order valence-corrected chi connectivity index (χ0v) is 14.0. The third-order valence-electron chi connectivity index (χ3n) is 3.95. The van der Waals surface area contributed by atoms with Crippen LogP contribution < -0.4 is 10.6 Å². The highest BCUT2D eigenvalue weighted by atomic mass is 16.3. The molecule has 0 aliphatic rings. The molecule has 2 aromatic carbocycles. The van der Waals surface area contributed by atoms with Gasteiger partial charge in [-0.05, 0) is 42.3 Å². The van der Waals surface area contributed by atoms with E-state index in [9.17, 15) is 15.2 Å². The number of anilines is 1. The maximum atomic E-state index is 12.1. The monoisotopic (exact) mass is 346 g/mol. The fourth-order valence-electron chi connectivity index (χ4n) is 2.61. The number of hydrogen-bond acceptors (Lipinski definition) is 4. The van der Waals surface area contributed by atoms with Crippen molar-refractivity contribution in [1.82, 2.24) is 10.3 Å². The number of aromatic hydroxyl groups is 1. The van der Waals surface area contributed by atoms with Gasteiger partial charge in [0.25, 0.3) is 5.91 Å². The van der Waals surface area contributed by atoms with Crippen LogP contribution in [0.1, 0.15) is 5.56 Å². The number of phenols is 1. The van der Waals surface area contributed by atoms with Gasteiger partial charge in [0.2, 0.25) is 0 Å². The van der Waals surface area contributed by atoms with Gasteiger partial charge in [-0.1, -0.05) is 18.2 Å². The first-order chi connectivity index (χ1) is 12.7. The summed E-state index contributed by atoms with van der Waals surface area (Å²) in [6, 6.07) is 16.0. The smallest absolute Gasteiger partial charge is 0.267 e. The molecule has 0 aliphatic heterocycles. The van der Waals surface area contributed by atoms with E-state index in [0.29, 0.717) is 12.2 Å². The summed E-state index contributed by atoms with van der Waals surface area (Å²) in [6.45, 7) is 0.597. The van der Waals surface area contributed by atoms with Crippen molar-refractivity contribution in [1.29, 1.82) is 5.26 Å². The maximum Gasteiger partial charge on any atom is 0.267 e. The van der Waals surface area contributed by atoms with E-state index in [1.54, 1.807) is 12.1 Å². The minimum Gasteiger partial charge on any atom is -0.508 e. The Balaban J connectivity index is 1.56. The Labute approximate surface area is 150 Å². The number of phenolic OH excluding ortho intramolecular Hbond substituents is 1. The van der Waals surface area contributed by atoms with Gasteiger partial charge in [0.1, 0.15) is 17.4 Å². The second-order valence-corrected chi connectivity index (χ2v) is 5.73. The van der Waals surface area contributed by atoms with Gasteiger partial charge in [-0.2, -0.15) is 5.26 Å². The van der Waals surface area contributed by atoms with E-state index in [-0.39, 0.29) is 11.3 Å². The summed E-state index contributed by atoms with van der Waals surface area (Å²) in [4.78, 5) is 15.3. The highest BCUT2D eigenvalue weighted by Gasteiger charge is 2.09. The van der Waals surface area contributed by atoms with Gasteiger partial charge in [-0.15, -0.1) is 0 Å². The predicted molar refractivity (Wildman–Crippen MR) is 100 cm³/mol. The highest BCUT2D eigenvalue weighted by molar-refractivity contribution is 6.06. The number of para-hydroxylation sites is 1. The van der Waals surface area contributed by atoms with Gasteiger partial charge in [0.15, 0.2) is 0 Å². The Bertz CT molecular complexity index is 981. The zero-order valence-electron chi connectivity index (χ0n) is 14.0. The van der Waals surface area contributed by atoms with Crippen molar-refractivity contribution >= 4 is 22.5 Å². The van der Waals surface area contributed by atoms with Crippen molar-refractivity contribution in [3.8, 4) is 11.8 Å². The first-order valence-electron chi connectivity index (χ1n) is 8.16. The molecule has 4 N–H and O–H groups in total. The summed E-state index contributed by atoms with van der Waals surface area (Å²) >= 11 is 0. The van der Waals surface area contributed by atoms with Crippen molar-refractivity contribution in [3.05, 3.63) is 72.1 Å². The molecule has 0 radical (unpaired) electrons. The van der Waals surface area contributed by atoms with Gasteiger partial charge in [-0.25, -0.2) is 0 Å². The molecule has 0 saturated carbocycles. The van der Waals surface area contributed by atoms with Crippen LogP contribution in [0.3, 0.4) is 0 Å². The van der Waals surface area contributed by atoms with Crippen LogP contribution in [0.5, 0.6) is 5.75 Å². The van der Waals surface area contributed by atoms with E-state index in [0.717, 1.165) is 11.9 Å². The number of H-pyrrole nitrogens is 1. The number of nitrogens with zero attached hydrogens (tertiary/aromatic N) is 1. The molecule has 0 saturated heterocycles. The second kappa shape index (κ2) is 7.90. The SMILES string of the molecule is N#C/C(=C/NCCc1c[nH]c2ccccc12)C(=O)Nc1ccc(O)cc1. The number of carbonyl (C=O) groups excluding carboxylic acids is 1. The van der Waals surface area contributed by atoms with Crippen LogP contribution in [0.25, 0.3) is 10.9 Å². The average molecular weight is 346 g/mol. The van der Waals surface area contributed by atoms with Crippen LogP contribution in [-0.2, 0) is 11.2 Å². The summed E-state index contributed by atoms with van der Waals surface area (Å²) in [7, 11) is 0. The summed E-state index contributed by atoms with van der Waals surface area (Å²) in [5.41, 5.74) is 2.75. The Kier molecular flexibility index (Phi) is 5.20. The fourth-order valence-corrected chi connectivity index (χ4v) is 2.61. The summed E-state index contributed by atoms with van der Waals surface area (Å²) in [5.74, 6) is -0.393. The molecule has 3 rings (SSSR count). The maximum absolute atomic E-state index is 12.1. The predicted octanol–water partition coefficient (Wildman–Crippen LogP) is 3.05. The van der Waals surface area contributed by atoms with Crippen LogP contribution in [0.2, 0.25) is 0 Å². The molecule has 0 fully saturated rings. The number of nitrogens with one attached hydrogen (secondary N) is 3. The first kappa shape index (κ1) is 17.1. The van der Waals surface area contributed by atoms with E-state index >= 15 is 0 Å². The zero-order chi connectivity index (χ0) is 18.4. The number of aromatic amines is 1. The van der Waals surface area contributed by atoms with Gasteiger partial charge >= 0.3 is 0 Å². The second-order valence-electron chi connectivity index (χ2n) is 5.73. The number of hydrogen-bond donors (Lipinski definition) is 4. The van der Waals surface area contributed by atoms with Crippen molar-refractivity contribution in [2.75, 3.05) is 11.9 Å². The summed E-state index contributed by atoms with van der Waals surface area (Å²) in [5, 5.41) is 25.2. The van der Waals surface area contributed by atoms with Crippen LogP contribution in [0.15, 0.2) is 66.5 Å². The van der Waals surface area contributed by atoms with Crippen LogP contribution in [0.4, 0.5) is 5.69 Å². The minimum atomic E-state index is -0.502. The van der Waals surface area contributed by atoms with E-state index in [2.05, 4.69) is 21.7 Å². The number of rotatable bonds is 6. The molecule has 130 valence electrons. The molecule has 1 amide bonds. The lowest BCUT2D eigenvalue weighted by atomic mass is 10.1. The van der Waals surface area contributed by atoms with Gasteiger partial charge < -0.3 is 20.7 Å². The number of fused-ring (bicyclic) bond motifs is 1. The Morgan fingerprint density at radius 3 is 2.73 bits per heavy atom. The molecular formula is C20H18N4O2. The van der Waals surface area contributed by atoms with Crippen LogP contribution >= 0.6 is 0 Å². The van der Waals surface area contributed by atoms with E-state index in [1.165, 1.54) is 29.3 Å². The molecule has 0 bridgehead atoms. The molecule has 0 unspecified atom stereocenters. The summed E-state index contributed by atoms with van der Waals surface area (Å²) in [6.07, 6.45) is 4.15. The van der Waals surface area contributed by atoms with E-state index < -0.39 is 5.91 Å². The standard InChI is InChI=1S/C20H18N4O2/c21-11-15(20(26)24-16-5-7-17(25)8-6-16)12-22-10-9-14-13-23-19-4-2-1-3-18(14)19/h1-8,12-13,22-23,25H,9-10H2,(H,24,26)/b15-12-. The third-order valence-corrected chi connectivity index (χ3v) is 3.95. The quantitative estimate of drug-likeness (QED) is 0.238. The third kappa shape index (κ3) is 4.02. The Morgan fingerprint density at radius 2 is 1.96 bits per heavy atom. The minimum absolute atomic E-state index is 0.0167.